The lowest BCUT2D eigenvalue weighted by Crippen LogP contribution is -2.60. The molecule has 0 spiro atoms. The molecule has 2 rings (SSSR count). The Kier molecular flexibility index (Phi) is 3.50. The van der Waals surface area contributed by atoms with E-state index in [-0.39, 0.29) is 18.4 Å². The lowest BCUT2D eigenvalue weighted by molar-refractivity contribution is -0.140. The van der Waals surface area contributed by atoms with E-state index in [4.69, 9.17) is 5.11 Å². The standard InChI is InChI=1S/C13H16N2O3/c1-9-8-14-13(18)11(7-12(16)17)15(9)10-5-3-2-4-6-10/h2-6,9,11H,7-8H2,1H3,(H,14,18)(H,16,17). The molecule has 1 amide bonds. The largest absolute Gasteiger partial charge is 0.481 e. The van der Waals surface area contributed by atoms with Crippen LogP contribution in [0.15, 0.2) is 30.3 Å². The average molecular weight is 248 g/mol. The van der Waals surface area contributed by atoms with Crippen molar-refractivity contribution < 1.29 is 14.7 Å². The second-order valence-electron chi connectivity index (χ2n) is 4.45. The summed E-state index contributed by atoms with van der Waals surface area (Å²) in [7, 11) is 0. The van der Waals surface area contributed by atoms with Gasteiger partial charge in [0.25, 0.3) is 0 Å². The number of rotatable bonds is 3. The van der Waals surface area contributed by atoms with Crippen LogP contribution in [-0.2, 0) is 9.59 Å². The minimum absolute atomic E-state index is 0.0782. The van der Waals surface area contributed by atoms with Crippen molar-refractivity contribution >= 4 is 17.6 Å². The second-order valence-corrected chi connectivity index (χ2v) is 4.45. The first-order chi connectivity index (χ1) is 8.59. The first-order valence-electron chi connectivity index (χ1n) is 5.92. The Labute approximate surface area is 105 Å². The number of piperazine rings is 1. The molecule has 1 fully saturated rings. The zero-order valence-electron chi connectivity index (χ0n) is 10.2. The van der Waals surface area contributed by atoms with E-state index < -0.39 is 12.0 Å². The smallest absolute Gasteiger partial charge is 0.305 e. The van der Waals surface area contributed by atoms with E-state index in [0.29, 0.717) is 6.54 Å². The molecule has 1 aromatic rings. The van der Waals surface area contributed by atoms with E-state index in [2.05, 4.69) is 5.32 Å². The molecule has 1 heterocycles. The highest BCUT2D eigenvalue weighted by Gasteiger charge is 2.35. The monoisotopic (exact) mass is 248 g/mol. The third-order valence-electron chi connectivity index (χ3n) is 3.11. The third kappa shape index (κ3) is 2.45. The normalized spacial score (nSPS) is 23.6. The van der Waals surface area contributed by atoms with Crippen LogP contribution < -0.4 is 10.2 Å². The molecule has 1 aromatic carbocycles. The molecule has 1 saturated heterocycles. The fourth-order valence-electron chi connectivity index (χ4n) is 2.29. The van der Waals surface area contributed by atoms with Crippen molar-refractivity contribution in [2.24, 2.45) is 0 Å². The van der Waals surface area contributed by atoms with Crippen molar-refractivity contribution in [2.45, 2.75) is 25.4 Å². The predicted molar refractivity (Wildman–Crippen MR) is 67.4 cm³/mol. The van der Waals surface area contributed by atoms with Gasteiger partial charge in [0.1, 0.15) is 6.04 Å². The maximum Gasteiger partial charge on any atom is 0.305 e. The molecule has 1 aliphatic heterocycles. The fraction of sp³-hybridized carbons (Fsp3) is 0.385. The summed E-state index contributed by atoms with van der Waals surface area (Å²) < 4.78 is 0. The molecule has 0 aliphatic carbocycles. The molecule has 2 N–H and O–H groups in total. The van der Waals surface area contributed by atoms with Crippen LogP contribution in [0.4, 0.5) is 5.69 Å². The van der Waals surface area contributed by atoms with Crippen molar-refractivity contribution in [1.29, 1.82) is 0 Å². The topological polar surface area (TPSA) is 69.6 Å². The van der Waals surface area contributed by atoms with Gasteiger partial charge in [0.05, 0.1) is 6.42 Å². The number of carbonyl (C=O) groups is 2. The number of anilines is 1. The average Bonchev–Trinajstić information content (AvgIpc) is 2.35. The SMILES string of the molecule is CC1CNC(=O)C(CC(=O)O)N1c1ccccc1. The first kappa shape index (κ1) is 12.4. The molecule has 2 unspecified atom stereocenters. The van der Waals surface area contributed by atoms with Crippen LogP contribution in [0, 0.1) is 0 Å². The number of benzene rings is 1. The molecule has 2 atom stereocenters. The Balaban J connectivity index is 2.31. The number of hydrogen-bond acceptors (Lipinski definition) is 3. The van der Waals surface area contributed by atoms with Crippen molar-refractivity contribution in [1.82, 2.24) is 5.32 Å². The van der Waals surface area contributed by atoms with E-state index in [9.17, 15) is 9.59 Å². The Hall–Kier alpha value is -2.04. The summed E-state index contributed by atoms with van der Waals surface area (Å²) in [6, 6.07) is 8.87. The molecule has 0 aromatic heterocycles. The van der Waals surface area contributed by atoms with Crippen LogP contribution in [-0.4, -0.2) is 35.6 Å². The van der Waals surface area contributed by atoms with E-state index in [1.807, 2.05) is 42.2 Å². The molecule has 0 bridgehead atoms. The minimum atomic E-state index is -0.967. The summed E-state index contributed by atoms with van der Waals surface area (Å²) in [4.78, 5) is 24.6. The number of nitrogens with zero attached hydrogens (tertiary/aromatic N) is 1. The number of carboxylic acid groups (broad SMARTS) is 1. The van der Waals surface area contributed by atoms with Gasteiger partial charge in [-0.05, 0) is 19.1 Å². The van der Waals surface area contributed by atoms with Crippen molar-refractivity contribution in [2.75, 3.05) is 11.4 Å². The van der Waals surface area contributed by atoms with Gasteiger partial charge >= 0.3 is 5.97 Å². The van der Waals surface area contributed by atoms with Gasteiger partial charge in [-0.2, -0.15) is 0 Å². The number of carboxylic acids is 1. The van der Waals surface area contributed by atoms with Gasteiger partial charge < -0.3 is 15.3 Å². The van der Waals surface area contributed by atoms with Crippen molar-refractivity contribution in [3.63, 3.8) is 0 Å². The zero-order chi connectivity index (χ0) is 13.1. The third-order valence-corrected chi connectivity index (χ3v) is 3.11. The van der Waals surface area contributed by atoms with E-state index in [1.165, 1.54) is 0 Å². The molecule has 0 saturated carbocycles. The van der Waals surface area contributed by atoms with Gasteiger partial charge in [0.2, 0.25) is 5.91 Å². The lowest BCUT2D eigenvalue weighted by Gasteiger charge is -2.41. The highest BCUT2D eigenvalue weighted by atomic mass is 16.4. The first-order valence-corrected chi connectivity index (χ1v) is 5.92. The number of para-hydroxylation sites is 1. The summed E-state index contributed by atoms with van der Waals surface area (Å²) in [5, 5.41) is 11.7. The van der Waals surface area contributed by atoms with Crippen LogP contribution in [0.3, 0.4) is 0 Å². The van der Waals surface area contributed by atoms with Gasteiger partial charge in [-0.3, -0.25) is 9.59 Å². The maximum atomic E-state index is 11.8. The van der Waals surface area contributed by atoms with Gasteiger partial charge in [0, 0.05) is 18.3 Å². The number of carbonyl (C=O) groups excluding carboxylic acids is 1. The summed E-state index contributed by atoms with van der Waals surface area (Å²) >= 11 is 0. The lowest BCUT2D eigenvalue weighted by atomic mass is 10.0. The predicted octanol–water partition coefficient (Wildman–Crippen LogP) is 0.855. The Morgan fingerprint density at radius 3 is 2.72 bits per heavy atom. The molecule has 1 aliphatic rings. The molecular formula is C13H16N2O3. The van der Waals surface area contributed by atoms with Crippen LogP contribution in [0.2, 0.25) is 0 Å². The molecule has 5 nitrogen and oxygen atoms in total. The number of hydrogen-bond donors (Lipinski definition) is 2. The van der Waals surface area contributed by atoms with E-state index in [0.717, 1.165) is 5.69 Å². The molecule has 0 radical (unpaired) electrons. The number of nitrogens with one attached hydrogen (secondary N) is 1. The van der Waals surface area contributed by atoms with Gasteiger partial charge in [-0.1, -0.05) is 18.2 Å². The Morgan fingerprint density at radius 2 is 2.11 bits per heavy atom. The van der Waals surface area contributed by atoms with Crippen LogP contribution in [0.1, 0.15) is 13.3 Å². The van der Waals surface area contributed by atoms with Gasteiger partial charge in [-0.25, -0.2) is 0 Å². The Morgan fingerprint density at radius 1 is 1.44 bits per heavy atom. The zero-order valence-corrected chi connectivity index (χ0v) is 10.2. The van der Waals surface area contributed by atoms with Crippen molar-refractivity contribution in [3.8, 4) is 0 Å². The molecule has 5 heteroatoms. The second kappa shape index (κ2) is 5.08. The number of aliphatic carboxylic acids is 1. The molecule has 96 valence electrons. The summed E-state index contributed by atoms with van der Waals surface area (Å²) in [6.45, 7) is 2.51. The summed E-state index contributed by atoms with van der Waals surface area (Å²) in [5.41, 5.74) is 0.881. The van der Waals surface area contributed by atoms with Crippen molar-refractivity contribution in [3.05, 3.63) is 30.3 Å². The minimum Gasteiger partial charge on any atom is -0.481 e. The highest BCUT2D eigenvalue weighted by molar-refractivity contribution is 5.90. The molecular weight excluding hydrogens is 232 g/mol. The quantitative estimate of drug-likeness (QED) is 0.832. The fourth-order valence-corrected chi connectivity index (χ4v) is 2.29. The van der Waals surface area contributed by atoms with Gasteiger partial charge in [-0.15, -0.1) is 0 Å². The van der Waals surface area contributed by atoms with Crippen LogP contribution >= 0.6 is 0 Å². The maximum absolute atomic E-state index is 11.8. The van der Waals surface area contributed by atoms with E-state index >= 15 is 0 Å². The highest BCUT2D eigenvalue weighted by Crippen LogP contribution is 2.23. The van der Waals surface area contributed by atoms with Crippen LogP contribution in [0.25, 0.3) is 0 Å². The van der Waals surface area contributed by atoms with Gasteiger partial charge in [0.15, 0.2) is 0 Å². The number of amides is 1. The summed E-state index contributed by atoms with van der Waals surface area (Å²) in [5.74, 6) is -1.19. The van der Waals surface area contributed by atoms with Crippen LogP contribution in [0.5, 0.6) is 0 Å². The molecule has 18 heavy (non-hydrogen) atoms. The Bertz CT molecular complexity index is 447. The summed E-state index contributed by atoms with van der Waals surface area (Å²) in [6.07, 6.45) is -0.189. The van der Waals surface area contributed by atoms with E-state index in [1.54, 1.807) is 0 Å².